The Balaban J connectivity index is 0.00000169. The lowest BCUT2D eigenvalue weighted by Gasteiger charge is -2.32. The molecule has 2 aliphatic rings. The average molecular weight is 347 g/mol. The normalized spacial score (nSPS) is 18.0. The third-order valence-electron chi connectivity index (χ3n) is 5.24. The van der Waals surface area contributed by atoms with Crippen molar-refractivity contribution in [2.45, 2.75) is 39.3 Å². The number of aromatic nitrogens is 2. The first-order valence-electron chi connectivity index (χ1n) is 8.84. The third kappa shape index (κ3) is 3.76. The van der Waals surface area contributed by atoms with Crippen LogP contribution in [0.4, 0.5) is 5.69 Å². The number of piperidine rings is 1. The minimum absolute atomic E-state index is 0. The van der Waals surface area contributed by atoms with Crippen LogP contribution in [0.25, 0.3) is 0 Å². The van der Waals surface area contributed by atoms with Gasteiger partial charge in [0.15, 0.2) is 0 Å². The summed E-state index contributed by atoms with van der Waals surface area (Å²) in [5, 5.41) is 7.99. The van der Waals surface area contributed by atoms with Crippen LogP contribution in [-0.2, 0) is 19.5 Å². The number of aryl methyl sites for hydroxylation is 1. The lowest BCUT2D eigenvalue weighted by molar-refractivity contribution is 0.165. The van der Waals surface area contributed by atoms with Gasteiger partial charge in [-0.2, -0.15) is 5.10 Å². The molecule has 1 saturated heterocycles. The Labute approximate surface area is 150 Å². The molecule has 0 spiro atoms. The van der Waals surface area contributed by atoms with Crippen LogP contribution in [-0.4, -0.2) is 34.3 Å². The number of fused-ring (bicyclic) bond motifs is 1. The largest absolute Gasteiger partial charge is 0.384 e. The fourth-order valence-electron chi connectivity index (χ4n) is 3.94. The highest BCUT2D eigenvalue weighted by Gasteiger charge is 2.21. The van der Waals surface area contributed by atoms with E-state index < -0.39 is 0 Å². The van der Waals surface area contributed by atoms with Crippen molar-refractivity contribution in [3.63, 3.8) is 0 Å². The van der Waals surface area contributed by atoms with Crippen molar-refractivity contribution in [1.29, 1.82) is 0 Å². The van der Waals surface area contributed by atoms with Crippen molar-refractivity contribution in [1.82, 2.24) is 14.7 Å². The first-order chi connectivity index (χ1) is 11.3. The fraction of sp³-hybridized carbons (Fsp3) is 0.526. The van der Waals surface area contributed by atoms with E-state index in [1.54, 1.807) is 0 Å². The molecule has 1 fully saturated rings. The zero-order valence-electron chi connectivity index (χ0n) is 14.4. The molecule has 2 aliphatic heterocycles. The maximum Gasteiger partial charge on any atom is 0.0518 e. The van der Waals surface area contributed by atoms with Crippen molar-refractivity contribution in [2.75, 3.05) is 25.0 Å². The van der Waals surface area contributed by atoms with Gasteiger partial charge in [0.25, 0.3) is 0 Å². The van der Waals surface area contributed by atoms with Gasteiger partial charge in [0.2, 0.25) is 0 Å². The summed E-state index contributed by atoms with van der Waals surface area (Å²) in [6.07, 6.45) is 7.85. The standard InChI is InChI=1S/C19H26N4.ClH/c1-15-11-21-23(12-15)13-16-6-9-22(10-7-16)14-18-4-2-3-17-5-8-20-19(17)18;/h2-4,11-12,16,20H,5-10,13-14H2,1H3;1H. The van der Waals surface area contributed by atoms with Crippen LogP contribution in [0.5, 0.6) is 0 Å². The second-order valence-electron chi connectivity index (χ2n) is 7.09. The molecule has 1 aromatic carbocycles. The first kappa shape index (κ1) is 17.3. The summed E-state index contributed by atoms with van der Waals surface area (Å²) >= 11 is 0. The van der Waals surface area contributed by atoms with Gasteiger partial charge in [-0.05, 0) is 61.9 Å². The maximum atomic E-state index is 4.43. The van der Waals surface area contributed by atoms with Crippen LogP contribution in [0.15, 0.2) is 30.6 Å². The molecule has 0 atom stereocenters. The summed E-state index contributed by atoms with van der Waals surface area (Å²) in [4.78, 5) is 2.61. The second kappa shape index (κ2) is 7.58. The average Bonchev–Trinajstić information content (AvgIpc) is 3.19. The van der Waals surface area contributed by atoms with Gasteiger partial charge in [0.05, 0.1) is 6.20 Å². The van der Waals surface area contributed by atoms with E-state index >= 15 is 0 Å². The molecule has 1 N–H and O–H groups in total. The Hall–Kier alpha value is -1.52. The van der Waals surface area contributed by atoms with Gasteiger partial charge in [0.1, 0.15) is 0 Å². The van der Waals surface area contributed by atoms with Crippen LogP contribution >= 0.6 is 12.4 Å². The van der Waals surface area contributed by atoms with E-state index in [9.17, 15) is 0 Å². The van der Waals surface area contributed by atoms with Gasteiger partial charge in [-0.3, -0.25) is 9.58 Å². The van der Waals surface area contributed by atoms with E-state index in [0.717, 1.165) is 25.6 Å². The number of nitrogens with zero attached hydrogens (tertiary/aromatic N) is 3. The van der Waals surface area contributed by atoms with Crippen LogP contribution in [0.2, 0.25) is 0 Å². The molecule has 130 valence electrons. The molecular formula is C19H27ClN4. The summed E-state index contributed by atoms with van der Waals surface area (Å²) in [6, 6.07) is 6.76. The molecule has 1 aromatic heterocycles. The summed E-state index contributed by atoms with van der Waals surface area (Å²) in [6.45, 7) is 7.77. The van der Waals surface area contributed by atoms with Crippen molar-refractivity contribution >= 4 is 18.1 Å². The van der Waals surface area contributed by atoms with Crippen molar-refractivity contribution in [2.24, 2.45) is 5.92 Å². The van der Waals surface area contributed by atoms with Crippen molar-refractivity contribution in [3.05, 3.63) is 47.3 Å². The highest BCUT2D eigenvalue weighted by atomic mass is 35.5. The van der Waals surface area contributed by atoms with Gasteiger partial charge in [-0.25, -0.2) is 0 Å². The van der Waals surface area contributed by atoms with Crippen LogP contribution in [0.3, 0.4) is 0 Å². The van der Waals surface area contributed by atoms with E-state index in [2.05, 4.69) is 51.3 Å². The monoisotopic (exact) mass is 346 g/mol. The molecule has 0 amide bonds. The topological polar surface area (TPSA) is 33.1 Å². The molecule has 0 radical (unpaired) electrons. The minimum atomic E-state index is 0. The summed E-state index contributed by atoms with van der Waals surface area (Å²) in [5.41, 5.74) is 5.63. The summed E-state index contributed by atoms with van der Waals surface area (Å²) in [5.74, 6) is 0.769. The van der Waals surface area contributed by atoms with Gasteiger partial charge in [-0.15, -0.1) is 12.4 Å². The number of hydrogen-bond donors (Lipinski definition) is 1. The van der Waals surface area contributed by atoms with E-state index in [-0.39, 0.29) is 12.4 Å². The van der Waals surface area contributed by atoms with Crippen LogP contribution in [0.1, 0.15) is 29.5 Å². The van der Waals surface area contributed by atoms with Gasteiger partial charge >= 0.3 is 0 Å². The number of nitrogens with one attached hydrogen (secondary N) is 1. The van der Waals surface area contributed by atoms with E-state index in [1.807, 2.05) is 6.20 Å². The molecule has 0 unspecified atom stereocenters. The van der Waals surface area contributed by atoms with Gasteiger partial charge < -0.3 is 5.32 Å². The minimum Gasteiger partial charge on any atom is -0.384 e. The van der Waals surface area contributed by atoms with Crippen molar-refractivity contribution in [3.8, 4) is 0 Å². The third-order valence-corrected chi connectivity index (χ3v) is 5.24. The molecule has 0 saturated carbocycles. The van der Waals surface area contributed by atoms with Gasteiger partial charge in [0, 0.05) is 31.5 Å². The van der Waals surface area contributed by atoms with E-state index in [4.69, 9.17) is 0 Å². The lowest BCUT2D eigenvalue weighted by atomic mass is 9.96. The Morgan fingerprint density at radius 2 is 2.08 bits per heavy atom. The lowest BCUT2D eigenvalue weighted by Crippen LogP contribution is -2.34. The van der Waals surface area contributed by atoms with Crippen molar-refractivity contribution < 1.29 is 0 Å². The first-order valence-corrected chi connectivity index (χ1v) is 8.84. The zero-order chi connectivity index (χ0) is 15.6. The highest BCUT2D eigenvalue weighted by molar-refractivity contribution is 5.85. The molecular weight excluding hydrogens is 320 g/mol. The Morgan fingerprint density at radius 3 is 2.83 bits per heavy atom. The fourth-order valence-corrected chi connectivity index (χ4v) is 3.94. The highest BCUT2D eigenvalue weighted by Crippen LogP contribution is 2.29. The molecule has 4 nitrogen and oxygen atoms in total. The summed E-state index contributed by atoms with van der Waals surface area (Å²) in [7, 11) is 0. The SMILES string of the molecule is Cc1cnn(CC2CCN(Cc3cccc4c3NCC4)CC2)c1.Cl. The zero-order valence-corrected chi connectivity index (χ0v) is 15.2. The number of rotatable bonds is 4. The smallest absolute Gasteiger partial charge is 0.0518 e. The number of likely N-dealkylation sites (tertiary alicyclic amines) is 1. The summed E-state index contributed by atoms with van der Waals surface area (Å²) < 4.78 is 2.11. The molecule has 3 heterocycles. The van der Waals surface area contributed by atoms with Crippen LogP contribution < -0.4 is 5.32 Å². The molecule has 2 aromatic rings. The molecule has 0 bridgehead atoms. The molecule has 0 aliphatic carbocycles. The quantitative estimate of drug-likeness (QED) is 0.919. The van der Waals surface area contributed by atoms with E-state index in [0.29, 0.717) is 0 Å². The Morgan fingerprint density at radius 1 is 1.25 bits per heavy atom. The maximum absolute atomic E-state index is 4.43. The number of halogens is 1. The Bertz CT molecular complexity index is 674. The van der Waals surface area contributed by atoms with Crippen LogP contribution in [0, 0.1) is 12.8 Å². The second-order valence-corrected chi connectivity index (χ2v) is 7.09. The predicted octanol–water partition coefficient (Wildman–Crippen LogP) is 3.49. The predicted molar refractivity (Wildman–Crippen MR) is 101 cm³/mol. The van der Waals surface area contributed by atoms with E-state index in [1.165, 1.54) is 54.7 Å². The number of para-hydroxylation sites is 1. The molecule has 4 rings (SSSR count). The Kier molecular flexibility index (Phi) is 5.47. The molecule has 24 heavy (non-hydrogen) atoms. The van der Waals surface area contributed by atoms with Gasteiger partial charge in [-0.1, -0.05) is 18.2 Å². The molecule has 5 heteroatoms. The number of benzene rings is 1. The number of hydrogen-bond acceptors (Lipinski definition) is 3. The number of anilines is 1.